The van der Waals surface area contributed by atoms with Crippen molar-refractivity contribution in [3.8, 4) is 5.75 Å². The van der Waals surface area contributed by atoms with Gasteiger partial charge in [0.05, 0.1) is 0 Å². The molecule has 0 bridgehead atoms. The summed E-state index contributed by atoms with van der Waals surface area (Å²) in [4.78, 5) is 38.3. The van der Waals surface area contributed by atoms with Crippen LogP contribution >= 0.6 is 15.9 Å². The van der Waals surface area contributed by atoms with E-state index in [4.69, 9.17) is 0 Å². The standard InChI is InChI=1S/C19H15BrF3N3O4/c1-18(13-4-2-3-5-14(13)20)16(28)26(17(29)25-18)10-15(27)24-11-6-8-12(9-7-11)30-19(21,22)23/h2-9H,10H2,1H3,(H,24,27)(H,25,29)/t18-/m1/s1. The molecule has 2 aromatic carbocycles. The van der Waals surface area contributed by atoms with Crippen LogP contribution in [0.3, 0.4) is 0 Å². The number of rotatable bonds is 5. The average Bonchev–Trinajstić information content (AvgIpc) is 2.86. The minimum absolute atomic E-state index is 0.176. The van der Waals surface area contributed by atoms with Crippen LogP contribution in [0.4, 0.5) is 23.7 Å². The molecule has 0 aliphatic carbocycles. The maximum absolute atomic E-state index is 12.9. The summed E-state index contributed by atoms with van der Waals surface area (Å²) in [5.41, 5.74) is -0.643. The number of carbonyl (C=O) groups is 3. The Morgan fingerprint density at radius 1 is 1.17 bits per heavy atom. The molecule has 2 N–H and O–H groups in total. The van der Waals surface area contributed by atoms with Gasteiger partial charge in [-0.3, -0.25) is 14.5 Å². The highest BCUT2D eigenvalue weighted by Gasteiger charge is 2.50. The van der Waals surface area contributed by atoms with Gasteiger partial charge in [-0.25, -0.2) is 4.79 Å². The maximum Gasteiger partial charge on any atom is 0.573 e. The van der Waals surface area contributed by atoms with Crippen molar-refractivity contribution in [1.82, 2.24) is 10.2 Å². The highest BCUT2D eigenvalue weighted by Crippen LogP contribution is 2.33. The Labute approximate surface area is 177 Å². The van der Waals surface area contributed by atoms with Gasteiger partial charge in [0.25, 0.3) is 5.91 Å². The fourth-order valence-corrected chi connectivity index (χ4v) is 3.66. The molecule has 30 heavy (non-hydrogen) atoms. The minimum Gasteiger partial charge on any atom is -0.406 e. The first kappa shape index (κ1) is 21.6. The summed E-state index contributed by atoms with van der Waals surface area (Å²) in [5, 5.41) is 5.01. The van der Waals surface area contributed by atoms with Crippen molar-refractivity contribution in [1.29, 1.82) is 0 Å². The predicted molar refractivity (Wildman–Crippen MR) is 103 cm³/mol. The molecule has 158 valence electrons. The Balaban J connectivity index is 1.68. The highest BCUT2D eigenvalue weighted by atomic mass is 79.9. The summed E-state index contributed by atoms with van der Waals surface area (Å²) < 4.78 is 40.9. The average molecular weight is 486 g/mol. The molecule has 11 heteroatoms. The van der Waals surface area contributed by atoms with E-state index in [1.165, 1.54) is 19.1 Å². The smallest absolute Gasteiger partial charge is 0.406 e. The number of halogens is 4. The molecule has 1 aliphatic rings. The van der Waals surface area contributed by atoms with Gasteiger partial charge in [0.2, 0.25) is 5.91 Å². The number of nitrogens with zero attached hydrogens (tertiary/aromatic N) is 1. The lowest BCUT2D eigenvalue weighted by Gasteiger charge is -2.23. The Morgan fingerprint density at radius 2 is 1.80 bits per heavy atom. The van der Waals surface area contributed by atoms with E-state index in [1.807, 2.05) is 0 Å². The van der Waals surface area contributed by atoms with Crippen LogP contribution in [-0.2, 0) is 15.1 Å². The third kappa shape index (κ3) is 4.56. The first-order valence-corrected chi connectivity index (χ1v) is 9.34. The summed E-state index contributed by atoms with van der Waals surface area (Å²) in [7, 11) is 0. The van der Waals surface area contributed by atoms with E-state index in [9.17, 15) is 27.6 Å². The highest BCUT2D eigenvalue weighted by molar-refractivity contribution is 9.10. The Bertz CT molecular complexity index is 997. The van der Waals surface area contributed by atoms with Gasteiger partial charge in [0.15, 0.2) is 0 Å². The molecule has 1 saturated heterocycles. The third-order valence-electron chi connectivity index (χ3n) is 4.36. The zero-order valence-electron chi connectivity index (χ0n) is 15.4. The number of imide groups is 1. The molecule has 1 atom stereocenters. The number of alkyl halides is 3. The molecule has 1 aliphatic heterocycles. The summed E-state index contributed by atoms with van der Waals surface area (Å²) in [6, 6.07) is 10.6. The van der Waals surface area contributed by atoms with Crippen molar-refractivity contribution in [2.24, 2.45) is 0 Å². The lowest BCUT2D eigenvalue weighted by Crippen LogP contribution is -2.42. The van der Waals surface area contributed by atoms with Crippen molar-refractivity contribution in [3.05, 3.63) is 58.6 Å². The van der Waals surface area contributed by atoms with E-state index in [0.717, 1.165) is 17.0 Å². The number of carbonyl (C=O) groups excluding carboxylic acids is 3. The zero-order valence-corrected chi connectivity index (χ0v) is 17.0. The van der Waals surface area contributed by atoms with Crippen molar-refractivity contribution < 1.29 is 32.3 Å². The van der Waals surface area contributed by atoms with Crippen LogP contribution in [0.1, 0.15) is 12.5 Å². The quantitative estimate of drug-likeness (QED) is 0.631. The molecule has 1 heterocycles. The van der Waals surface area contributed by atoms with Crippen LogP contribution in [0.25, 0.3) is 0 Å². The number of urea groups is 1. The number of benzene rings is 2. The van der Waals surface area contributed by atoms with Gasteiger partial charge < -0.3 is 15.4 Å². The number of nitrogens with one attached hydrogen (secondary N) is 2. The van der Waals surface area contributed by atoms with E-state index in [1.54, 1.807) is 24.3 Å². The van der Waals surface area contributed by atoms with Crippen LogP contribution < -0.4 is 15.4 Å². The zero-order chi connectivity index (χ0) is 22.1. The van der Waals surface area contributed by atoms with E-state index in [-0.39, 0.29) is 5.69 Å². The lowest BCUT2D eigenvalue weighted by molar-refractivity contribution is -0.274. The van der Waals surface area contributed by atoms with Gasteiger partial charge in [-0.05, 0) is 37.3 Å². The number of hydrogen-bond donors (Lipinski definition) is 2. The molecule has 4 amide bonds. The lowest BCUT2D eigenvalue weighted by atomic mass is 9.92. The summed E-state index contributed by atoms with van der Waals surface area (Å²) in [6.07, 6.45) is -4.82. The van der Waals surface area contributed by atoms with Crippen LogP contribution in [0.5, 0.6) is 5.75 Å². The number of hydrogen-bond acceptors (Lipinski definition) is 4. The minimum atomic E-state index is -4.82. The second-order valence-electron chi connectivity index (χ2n) is 6.55. The molecule has 2 aromatic rings. The first-order chi connectivity index (χ1) is 14.0. The van der Waals surface area contributed by atoms with Gasteiger partial charge >= 0.3 is 12.4 Å². The first-order valence-electron chi connectivity index (χ1n) is 8.54. The molecule has 0 unspecified atom stereocenters. The predicted octanol–water partition coefficient (Wildman–Crippen LogP) is 3.75. The van der Waals surface area contributed by atoms with Gasteiger partial charge in [-0.2, -0.15) is 0 Å². The number of ether oxygens (including phenoxy) is 1. The molecule has 7 nitrogen and oxygen atoms in total. The molecule has 0 spiro atoms. The summed E-state index contributed by atoms with van der Waals surface area (Å²) >= 11 is 3.35. The summed E-state index contributed by atoms with van der Waals surface area (Å²) in [6.45, 7) is 0.968. The van der Waals surface area contributed by atoms with Crippen LogP contribution in [0, 0.1) is 0 Å². The molecule has 0 aromatic heterocycles. The van der Waals surface area contributed by atoms with Crippen LogP contribution in [-0.4, -0.2) is 35.7 Å². The van der Waals surface area contributed by atoms with E-state index < -0.39 is 42.0 Å². The largest absolute Gasteiger partial charge is 0.573 e. The van der Waals surface area contributed by atoms with E-state index >= 15 is 0 Å². The molecule has 0 saturated carbocycles. The Hall–Kier alpha value is -3.08. The Morgan fingerprint density at radius 3 is 2.40 bits per heavy atom. The SMILES string of the molecule is C[C@]1(c2ccccc2Br)NC(=O)N(CC(=O)Nc2ccc(OC(F)(F)F)cc2)C1=O. The fraction of sp³-hybridized carbons (Fsp3) is 0.211. The topological polar surface area (TPSA) is 87.7 Å². The third-order valence-corrected chi connectivity index (χ3v) is 5.05. The van der Waals surface area contributed by atoms with E-state index in [2.05, 4.69) is 31.3 Å². The van der Waals surface area contributed by atoms with Gasteiger partial charge in [0, 0.05) is 15.7 Å². The maximum atomic E-state index is 12.9. The molecular formula is C19H15BrF3N3O4. The summed E-state index contributed by atoms with van der Waals surface area (Å²) in [5.74, 6) is -1.75. The number of anilines is 1. The molecule has 0 radical (unpaired) electrons. The van der Waals surface area contributed by atoms with Crippen LogP contribution in [0.15, 0.2) is 53.0 Å². The van der Waals surface area contributed by atoms with Gasteiger partial charge in [-0.1, -0.05) is 34.1 Å². The second-order valence-corrected chi connectivity index (χ2v) is 7.40. The Kier molecular flexibility index (Phi) is 5.75. The second kappa shape index (κ2) is 7.98. The van der Waals surface area contributed by atoms with Gasteiger partial charge in [0.1, 0.15) is 17.8 Å². The van der Waals surface area contributed by atoms with Crippen molar-refractivity contribution in [3.63, 3.8) is 0 Å². The van der Waals surface area contributed by atoms with Crippen LogP contribution in [0.2, 0.25) is 0 Å². The van der Waals surface area contributed by atoms with Gasteiger partial charge in [-0.15, -0.1) is 13.2 Å². The fourth-order valence-electron chi connectivity index (χ4n) is 2.97. The number of amides is 4. The molecular weight excluding hydrogens is 471 g/mol. The van der Waals surface area contributed by atoms with E-state index in [0.29, 0.717) is 10.0 Å². The molecule has 1 fully saturated rings. The van der Waals surface area contributed by atoms with Crippen molar-refractivity contribution in [2.45, 2.75) is 18.8 Å². The normalized spacial score (nSPS) is 18.9. The monoisotopic (exact) mass is 485 g/mol. The molecule has 3 rings (SSSR count). The van der Waals surface area contributed by atoms with Crippen molar-refractivity contribution in [2.75, 3.05) is 11.9 Å². The van der Waals surface area contributed by atoms with Crippen molar-refractivity contribution >= 4 is 39.5 Å².